The summed E-state index contributed by atoms with van der Waals surface area (Å²) in [5.41, 5.74) is 14.9. The lowest BCUT2D eigenvalue weighted by molar-refractivity contribution is 0.0682. The number of carbonyl (C=O) groups is 2. The maximum Gasteiger partial charge on any atom is 0.336 e. The molecule has 0 aliphatic heterocycles. The molecule has 0 aromatic heterocycles. The zero-order valence-electron chi connectivity index (χ0n) is 8.55. The van der Waals surface area contributed by atoms with Crippen LogP contribution in [0.2, 0.25) is 0 Å². The van der Waals surface area contributed by atoms with Gasteiger partial charge < -0.3 is 10.2 Å². The Morgan fingerprint density at radius 3 is 1.50 bits per heavy atom. The Labute approximate surface area is 98.3 Å². The molecule has 0 spiro atoms. The quantitative estimate of drug-likeness (QED) is 0.473. The first-order chi connectivity index (χ1) is 8.51. The molecule has 0 radical (unpaired) electrons. The Hall–Kier alpha value is -3.22. The van der Waals surface area contributed by atoms with Crippen LogP contribution in [0, 0.1) is 0 Å². The number of rotatable bonds is 4. The molecule has 1 aromatic carbocycles. The van der Waals surface area contributed by atoms with Crippen molar-refractivity contribution in [2.45, 2.75) is 0 Å². The van der Waals surface area contributed by atoms with E-state index in [9.17, 15) is 9.59 Å². The second-order valence-electron chi connectivity index (χ2n) is 2.88. The number of carboxylic acid groups (broad SMARTS) is 2. The van der Waals surface area contributed by atoms with Crippen LogP contribution in [0.5, 0.6) is 0 Å². The van der Waals surface area contributed by atoms with E-state index >= 15 is 0 Å². The predicted octanol–water partition coefficient (Wildman–Crippen LogP) is 2.97. The van der Waals surface area contributed by atoms with Crippen molar-refractivity contribution in [3.63, 3.8) is 0 Å². The average molecular weight is 248 g/mol. The lowest BCUT2D eigenvalue weighted by Gasteiger charge is -2.05. The van der Waals surface area contributed by atoms with Crippen LogP contribution in [0.3, 0.4) is 0 Å². The highest BCUT2D eigenvalue weighted by atomic mass is 16.4. The number of nitrogens with zero attached hydrogens (tertiary/aromatic N) is 6. The molecule has 0 bridgehead atoms. The molecule has 1 rings (SSSR count). The van der Waals surface area contributed by atoms with Gasteiger partial charge >= 0.3 is 11.9 Å². The second-order valence-corrected chi connectivity index (χ2v) is 2.88. The molecule has 2 N–H and O–H groups in total. The maximum atomic E-state index is 10.9. The standard InChI is InChI=1S/C8H4N6O4/c9-13-11-5-1-3(7(15)16)6(12-14-10)2-4(5)8(17)18/h1-2H,(H,15,16)(H,17,18). The van der Waals surface area contributed by atoms with Crippen molar-refractivity contribution in [2.75, 3.05) is 0 Å². The monoisotopic (exact) mass is 248 g/mol. The predicted molar refractivity (Wildman–Crippen MR) is 58.0 cm³/mol. The van der Waals surface area contributed by atoms with E-state index in [-0.39, 0.29) is 11.4 Å². The summed E-state index contributed by atoms with van der Waals surface area (Å²) in [6.07, 6.45) is 0. The number of carboxylic acids is 2. The van der Waals surface area contributed by atoms with E-state index in [1.165, 1.54) is 0 Å². The molecule has 0 saturated carbocycles. The molecule has 1 aromatic rings. The minimum Gasteiger partial charge on any atom is -0.478 e. The number of hydrogen-bond donors (Lipinski definition) is 2. The highest BCUT2D eigenvalue weighted by molar-refractivity contribution is 6.00. The lowest BCUT2D eigenvalue weighted by atomic mass is 10.1. The summed E-state index contributed by atoms with van der Waals surface area (Å²) in [5, 5.41) is 23.8. The SMILES string of the molecule is [N-]=[N+]=Nc1cc(C(=O)O)c(N=[N+]=[N-])cc1C(=O)O. The van der Waals surface area contributed by atoms with Crippen molar-refractivity contribution >= 4 is 23.3 Å². The van der Waals surface area contributed by atoms with Crippen molar-refractivity contribution in [3.05, 3.63) is 44.1 Å². The van der Waals surface area contributed by atoms with Gasteiger partial charge in [0.2, 0.25) is 0 Å². The van der Waals surface area contributed by atoms with Gasteiger partial charge in [0.1, 0.15) is 0 Å². The zero-order chi connectivity index (χ0) is 13.7. The normalized spacial score (nSPS) is 8.89. The molecule has 0 aliphatic rings. The summed E-state index contributed by atoms with van der Waals surface area (Å²) in [6, 6.07) is 1.66. The molecule has 0 aliphatic carbocycles. The molecule has 0 atom stereocenters. The van der Waals surface area contributed by atoms with Crippen molar-refractivity contribution < 1.29 is 19.8 Å². The smallest absolute Gasteiger partial charge is 0.336 e. The Balaban J connectivity index is 3.69. The number of hydrogen-bond acceptors (Lipinski definition) is 4. The molecule has 10 heteroatoms. The van der Waals surface area contributed by atoms with Gasteiger partial charge in [-0.1, -0.05) is 10.2 Å². The van der Waals surface area contributed by atoms with Crippen LogP contribution >= 0.6 is 0 Å². The van der Waals surface area contributed by atoms with Crippen LogP contribution in [0.4, 0.5) is 11.4 Å². The molecule has 90 valence electrons. The van der Waals surface area contributed by atoms with Crippen molar-refractivity contribution in [1.29, 1.82) is 0 Å². The first-order valence-corrected chi connectivity index (χ1v) is 4.26. The van der Waals surface area contributed by atoms with Crippen LogP contribution in [0.1, 0.15) is 20.7 Å². The van der Waals surface area contributed by atoms with E-state index in [1.54, 1.807) is 0 Å². The fourth-order valence-corrected chi connectivity index (χ4v) is 1.18. The van der Waals surface area contributed by atoms with Gasteiger partial charge in [0.15, 0.2) is 0 Å². The molecule has 0 heterocycles. The molecular weight excluding hydrogens is 244 g/mol. The maximum absolute atomic E-state index is 10.9. The topological polar surface area (TPSA) is 172 Å². The third-order valence-corrected chi connectivity index (χ3v) is 1.88. The summed E-state index contributed by atoms with van der Waals surface area (Å²) in [6.45, 7) is 0. The van der Waals surface area contributed by atoms with E-state index in [1.807, 2.05) is 0 Å². The number of azide groups is 2. The second kappa shape index (κ2) is 5.21. The molecular formula is C8H4N6O4. The largest absolute Gasteiger partial charge is 0.478 e. The van der Waals surface area contributed by atoms with E-state index in [0.717, 1.165) is 12.1 Å². The molecule has 18 heavy (non-hydrogen) atoms. The van der Waals surface area contributed by atoms with Gasteiger partial charge in [0.05, 0.1) is 22.5 Å². The molecule has 10 nitrogen and oxygen atoms in total. The number of benzene rings is 1. The lowest BCUT2D eigenvalue weighted by Crippen LogP contribution is -2.01. The Morgan fingerprint density at radius 2 is 1.28 bits per heavy atom. The summed E-state index contributed by atoms with van der Waals surface area (Å²) < 4.78 is 0. The zero-order valence-corrected chi connectivity index (χ0v) is 8.55. The van der Waals surface area contributed by atoms with Gasteiger partial charge in [-0.05, 0) is 23.2 Å². The van der Waals surface area contributed by atoms with Gasteiger partial charge in [0, 0.05) is 9.82 Å². The van der Waals surface area contributed by atoms with Crippen LogP contribution in [-0.2, 0) is 0 Å². The molecule has 0 fully saturated rings. The third-order valence-electron chi connectivity index (χ3n) is 1.88. The fraction of sp³-hybridized carbons (Fsp3) is 0. The summed E-state index contributed by atoms with van der Waals surface area (Å²) in [4.78, 5) is 26.5. The first kappa shape index (κ1) is 12.8. The highest BCUT2D eigenvalue weighted by Crippen LogP contribution is 2.30. The van der Waals surface area contributed by atoms with E-state index < -0.39 is 23.1 Å². The van der Waals surface area contributed by atoms with Gasteiger partial charge in [-0.3, -0.25) is 0 Å². The minimum absolute atomic E-state index is 0.376. The van der Waals surface area contributed by atoms with Crippen molar-refractivity contribution in [2.24, 2.45) is 10.2 Å². The van der Waals surface area contributed by atoms with Crippen LogP contribution in [0.15, 0.2) is 22.4 Å². The van der Waals surface area contributed by atoms with Crippen LogP contribution in [0.25, 0.3) is 20.9 Å². The molecule has 0 unspecified atom stereocenters. The number of aromatic carboxylic acids is 2. The molecule has 0 amide bonds. The molecule has 0 saturated heterocycles. The highest BCUT2D eigenvalue weighted by Gasteiger charge is 2.17. The summed E-state index contributed by atoms with van der Waals surface area (Å²) in [7, 11) is 0. The van der Waals surface area contributed by atoms with Crippen molar-refractivity contribution in [1.82, 2.24) is 0 Å². The fourth-order valence-electron chi connectivity index (χ4n) is 1.18. The van der Waals surface area contributed by atoms with E-state index in [0.29, 0.717) is 0 Å². The summed E-state index contributed by atoms with van der Waals surface area (Å²) in [5.74, 6) is -2.88. The Bertz CT molecular complexity index is 548. The van der Waals surface area contributed by atoms with Crippen LogP contribution in [-0.4, -0.2) is 22.2 Å². The summed E-state index contributed by atoms with van der Waals surface area (Å²) >= 11 is 0. The van der Waals surface area contributed by atoms with Gasteiger partial charge in [-0.15, -0.1) is 0 Å². The Kier molecular flexibility index (Phi) is 3.72. The van der Waals surface area contributed by atoms with Crippen molar-refractivity contribution in [3.8, 4) is 0 Å². The van der Waals surface area contributed by atoms with Crippen LogP contribution < -0.4 is 0 Å². The minimum atomic E-state index is -1.44. The van der Waals surface area contributed by atoms with Gasteiger partial charge in [-0.25, -0.2) is 9.59 Å². The van der Waals surface area contributed by atoms with E-state index in [2.05, 4.69) is 20.1 Å². The van der Waals surface area contributed by atoms with E-state index in [4.69, 9.17) is 21.3 Å². The first-order valence-electron chi connectivity index (χ1n) is 4.26. The Morgan fingerprint density at radius 1 is 0.944 bits per heavy atom. The van der Waals surface area contributed by atoms with Gasteiger partial charge in [0.25, 0.3) is 0 Å². The third kappa shape index (κ3) is 2.47. The average Bonchev–Trinajstić information content (AvgIpc) is 2.30. The van der Waals surface area contributed by atoms with Gasteiger partial charge in [-0.2, -0.15) is 0 Å².